The molecule has 0 spiro atoms. The Balaban J connectivity index is 0.769. The number of aromatic nitrogens is 2. The molecule has 0 N–H and O–H groups in total. The first-order valence-electron chi connectivity index (χ1n) is 22.3. The fourth-order valence-electron chi connectivity index (χ4n) is 8.70. The van der Waals surface area contributed by atoms with Gasteiger partial charge >= 0.3 is 0 Å². The van der Waals surface area contributed by atoms with Gasteiger partial charge in [0.15, 0.2) is 0 Å². The van der Waals surface area contributed by atoms with Crippen molar-refractivity contribution in [2.75, 3.05) is 0 Å². The molecule has 2 aromatic heterocycles. The first-order chi connectivity index (χ1) is 32.7. The predicted octanol–water partition coefficient (Wildman–Crippen LogP) is 15.9. The molecular weight excluding hydrogens is 805 g/mol. The third kappa shape index (κ3) is 8.56. The fraction of sp³-hybridized carbons (Fsp3) is 0.0323. The molecule has 0 saturated heterocycles. The van der Waals surface area contributed by atoms with Crippen LogP contribution in [0, 0.1) is 0 Å². The highest BCUT2D eigenvalue weighted by molar-refractivity contribution is 6.11. The van der Waals surface area contributed by atoms with E-state index >= 15 is 0 Å². The molecule has 11 aromatic rings. The van der Waals surface area contributed by atoms with Crippen LogP contribution >= 0.6 is 0 Å². The highest BCUT2D eigenvalue weighted by Crippen LogP contribution is 2.37. The van der Waals surface area contributed by atoms with E-state index < -0.39 is 0 Å². The maximum absolute atomic E-state index is 5.99. The number of fused-ring (bicyclic) bond motifs is 3. The van der Waals surface area contributed by atoms with Crippen molar-refractivity contribution in [1.82, 2.24) is 9.97 Å². The molecule has 0 bridgehead atoms. The van der Waals surface area contributed by atoms with Crippen molar-refractivity contribution in [3.63, 3.8) is 0 Å². The molecule has 0 atom stereocenters. The minimum atomic E-state index is 0.555. The van der Waals surface area contributed by atoms with E-state index in [9.17, 15) is 0 Å². The Bertz CT molecular complexity index is 3160. The van der Waals surface area contributed by atoms with Crippen molar-refractivity contribution in [3.05, 3.63) is 254 Å². The first kappa shape index (κ1) is 40.2. The Labute approximate surface area is 385 Å². The summed E-state index contributed by atoms with van der Waals surface area (Å²) in [6, 6.07) is 80.8. The van der Waals surface area contributed by atoms with E-state index in [2.05, 4.69) is 170 Å². The minimum absolute atomic E-state index is 0.555. The number of rotatable bonds is 12. The summed E-state index contributed by atoms with van der Waals surface area (Å²) in [7, 11) is 0. The number of hydrogen-bond acceptors (Lipinski definition) is 4. The summed E-state index contributed by atoms with van der Waals surface area (Å²) < 4.78 is 12.0. The van der Waals surface area contributed by atoms with Crippen LogP contribution in [-0.4, -0.2) is 9.97 Å². The molecule has 11 rings (SSSR count). The molecule has 2 heterocycles. The predicted molar refractivity (Wildman–Crippen MR) is 271 cm³/mol. The second kappa shape index (κ2) is 18.2. The Kier molecular flexibility index (Phi) is 11.1. The van der Waals surface area contributed by atoms with E-state index in [4.69, 9.17) is 19.4 Å². The lowest BCUT2D eigenvalue weighted by Crippen LogP contribution is -1.94. The normalized spacial score (nSPS) is 11.2. The maximum Gasteiger partial charge on any atom is 0.119 e. The zero-order valence-corrected chi connectivity index (χ0v) is 36.2. The van der Waals surface area contributed by atoms with Gasteiger partial charge in [0, 0.05) is 23.2 Å². The molecule has 0 unspecified atom stereocenters. The highest BCUT2D eigenvalue weighted by Gasteiger charge is 2.13. The molecule has 0 aliphatic carbocycles. The molecule has 0 saturated carbocycles. The molecule has 66 heavy (non-hydrogen) atoms. The number of pyridine rings is 2. The summed E-state index contributed by atoms with van der Waals surface area (Å²) in [6.07, 6.45) is 3.80. The van der Waals surface area contributed by atoms with Crippen LogP contribution in [0.1, 0.15) is 11.1 Å². The van der Waals surface area contributed by atoms with Gasteiger partial charge in [-0.3, -0.25) is 9.97 Å². The van der Waals surface area contributed by atoms with Crippen molar-refractivity contribution in [2.45, 2.75) is 13.2 Å². The topological polar surface area (TPSA) is 44.2 Å². The van der Waals surface area contributed by atoms with Gasteiger partial charge in [0.25, 0.3) is 0 Å². The molecule has 0 amide bonds. The molecule has 0 aliphatic heterocycles. The summed E-state index contributed by atoms with van der Waals surface area (Å²) in [6.45, 7) is 1.11. The minimum Gasteiger partial charge on any atom is -0.489 e. The fourth-order valence-corrected chi connectivity index (χ4v) is 8.70. The van der Waals surface area contributed by atoms with Crippen molar-refractivity contribution in [2.24, 2.45) is 0 Å². The Morgan fingerprint density at radius 3 is 0.833 bits per heavy atom. The van der Waals surface area contributed by atoms with Crippen LogP contribution in [0.25, 0.3) is 88.6 Å². The van der Waals surface area contributed by atoms with Crippen LogP contribution in [0.15, 0.2) is 243 Å². The van der Waals surface area contributed by atoms with E-state index in [0.717, 1.165) is 77.8 Å². The third-order valence-electron chi connectivity index (χ3n) is 12.3. The average molecular weight is 849 g/mol. The van der Waals surface area contributed by atoms with Crippen LogP contribution in [0.4, 0.5) is 0 Å². The van der Waals surface area contributed by atoms with Gasteiger partial charge in [0.1, 0.15) is 24.7 Å². The molecule has 0 fully saturated rings. The quantitative estimate of drug-likeness (QED) is 0.115. The standard InChI is InChI=1S/C62H44N2O2/c1-3-7-43(8-4-1)41-65-55-31-27-51(28-32-55)47-15-11-45(12-16-47)49-19-23-53(24-20-49)57-37-39-63-61-59(57)35-36-60-58(38-40-64-62(60)61)54-25-21-50(22-26-54)46-13-17-48(18-14-46)52-29-33-56(34-30-52)66-42-44-9-5-2-6-10-44/h1-40H,41-42H2. The van der Waals surface area contributed by atoms with Crippen LogP contribution in [0.3, 0.4) is 0 Å². The SMILES string of the molecule is c1ccc(COc2ccc(-c3ccc(-c4ccc(-c5ccnc6c5ccc5c(-c7ccc(-c8ccc(-c9ccc(OCc%10ccccc%10)cc9)cc8)cc7)ccnc56)cc4)cc3)cc2)cc1. The van der Waals surface area contributed by atoms with E-state index in [1.54, 1.807) is 0 Å². The first-order valence-corrected chi connectivity index (χ1v) is 22.3. The Morgan fingerprint density at radius 2 is 0.530 bits per heavy atom. The molecule has 9 aromatic carbocycles. The van der Waals surface area contributed by atoms with Gasteiger partial charge in [-0.2, -0.15) is 0 Å². The smallest absolute Gasteiger partial charge is 0.119 e. The van der Waals surface area contributed by atoms with Crippen molar-refractivity contribution < 1.29 is 9.47 Å². The highest BCUT2D eigenvalue weighted by atomic mass is 16.5. The summed E-state index contributed by atoms with van der Waals surface area (Å²) in [4.78, 5) is 9.77. The van der Waals surface area contributed by atoms with Crippen LogP contribution in [-0.2, 0) is 13.2 Å². The average Bonchev–Trinajstić information content (AvgIpc) is 3.40. The molecule has 0 radical (unpaired) electrons. The van der Waals surface area contributed by atoms with Crippen LogP contribution < -0.4 is 9.47 Å². The Morgan fingerprint density at radius 1 is 0.258 bits per heavy atom. The summed E-state index contributed by atoms with van der Waals surface area (Å²) in [5, 5.41) is 2.16. The van der Waals surface area contributed by atoms with Crippen LogP contribution in [0.2, 0.25) is 0 Å². The largest absolute Gasteiger partial charge is 0.489 e. The monoisotopic (exact) mass is 848 g/mol. The van der Waals surface area contributed by atoms with Crippen molar-refractivity contribution >= 4 is 21.8 Å². The lowest BCUT2D eigenvalue weighted by molar-refractivity contribution is 0.306. The van der Waals surface area contributed by atoms with Gasteiger partial charge in [-0.15, -0.1) is 0 Å². The second-order valence-electron chi connectivity index (χ2n) is 16.5. The number of hydrogen-bond donors (Lipinski definition) is 0. The van der Waals surface area contributed by atoms with Gasteiger partial charge in [0.05, 0.1) is 11.0 Å². The zero-order valence-electron chi connectivity index (χ0n) is 36.2. The lowest BCUT2D eigenvalue weighted by Gasteiger charge is -2.12. The Hall–Kier alpha value is -8.60. The van der Waals surface area contributed by atoms with Gasteiger partial charge < -0.3 is 9.47 Å². The maximum atomic E-state index is 5.99. The molecule has 4 heteroatoms. The van der Waals surface area contributed by atoms with Crippen LogP contribution in [0.5, 0.6) is 11.5 Å². The molecule has 314 valence electrons. The number of ether oxygens (including phenoxy) is 2. The molecule has 0 aliphatic rings. The van der Waals surface area contributed by atoms with Crippen molar-refractivity contribution in [1.29, 1.82) is 0 Å². The summed E-state index contributed by atoms with van der Waals surface area (Å²) in [5.74, 6) is 1.72. The second-order valence-corrected chi connectivity index (χ2v) is 16.5. The van der Waals surface area contributed by atoms with Crippen molar-refractivity contribution in [3.8, 4) is 78.3 Å². The van der Waals surface area contributed by atoms with Gasteiger partial charge in [-0.1, -0.05) is 194 Å². The zero-order chi connectivity index (χ0) is 44.1. The van der Waals surface area contributed by atoms with Gasteiger partial charge in [0.2, 0.25) is 0 Å². The number of nitrogens with zero attached hydrogens (tertiary/aromatic N) is 2. The molecule has 4 nitrogen and oxygen atoms in total. The van der Waals surface area contributed by atoms with Gasteiger partial charge in [-0.25, -0.2) is 0 Å². The van der Waals surface area contributed by atoms with E-state index in [1.807, 2.05) is 73.1 Å². The summed E-state index contributed by atoms with van der Waals surface area (Å²) >= 11 is 0. The van der Waals surface area contributed by atoms with Gasteiger partial charge in [-0.05, 0) is 114 Å². The summed E-state index contributed by atoms with van der Waals surface area (Å²) in [5.41, 5.74) is 18.0. The lowest BCUT2D eigenvalue weighted by atomic mass is 9.94. The third-order valence-corrected chi connectivity index (χ3v) is 12.3. The van der Waals surface area contributed by atoms with E-state index in [0.29, 0.717) is 13.2 Å². The molecular formula is C62H44N2O2. The van der Waals surface area contributed by atoms with E-state index in [-0.39, 0.29) is 0 Å². The number of benzene rings is 9. The van der Waals surface area contributed by atoms with E-state index in [1.165, 1.54) is 33.4 Å².